The highest BCUT2D eigenvalue weighted by atomic mass is 127. The van der Waals surface area contributed by atoms with Crippen LogP contribution in [0.1, 0.15) is 25.3 Å². The number of rotatable bonds is 6. The standard InChI is InChI=1S/C19H28ClN3O3.HI/c1-4-26-18(24)15-8-11-23(12-9-15)19(21-2)22-10-7-14-5-6-16(25-3)13-17(14)20;/h5-6,13,15H,4,7-12H2,1-3H3,(H,21,22);1H. The van der Waals surface area contributed by atoms with Crippen LogP contribution < -0.4 is 10.1 Å². The molecule has 8 heteroatoms. The zero-order valence-corrected chi connectivity index (χ0v) is 19.3. The van der Waals surface area contributed by atoms with Gasteiger partial charge >= 0.3 is 5.97 Å². The summed E-state index contributed by atoms with van der Waals surface area (Å²) in [6, 6.07) is 5.72. The summed E-state index contributed by atoms with van der Waals surface area (Å²) in [5.74, 6) is 1.54. The Labute approximate surface area is 183 Å². The molecule has 1 saturated heterocycles. The number of guanidine groups is 1. The third kappa shape index (κ3) is 7.03. The average Bonchev–Trinajstić information content (AvgIpc) is 2.66. The number of aliphatic imine (C=N–C) groups is 1. The topological polar surface area (TPSA) is 63.2 Å². The van der Waals surface area contributed by atoms with E-state index in [-0.39, 0.29) is 35.9 Å². The molecule has 27 heavy (non-hydrogen) atoms. The maximum absolute atomic E-state index is 11.8. The first kappa shape index (κ1) is 23.8. The van der Waals surface area contributed by atoms with Crippen LogP contribution in [0.4, 0.5) is 0 Å². The lowest BCUT2D eigenvalue weighted by Gasteiger charge is -2.33. The van der Waals surface area contributed by atoms with Crippen molar-refractivity contribution in [3.05, 3.63) is 28.8 Å². The van der Waals surface area contributed by atoms with Gasteiger partial charge in [0.2, 0.25) is 0 Å². The van der Waals surface area contributed by atoms with E-state index >= 15 is 0 Å². The van der Waals surface area contributed by atoms with E-state index in [1.807, 2.05) is 25.1 Å². The minimum Gasteiger partial charge on any atom is -0.497 e. The maximum atomic E-state index is 11.8. The highest BCUT2D eigenvalue weighted by Crippen LogP contribution is 2.22. The van der Waals surface area contributed by atoms with Gasteiger partial charge < -0.3 is 19.7 Å². The molecule has 1 N–H and O–H groups in total. The van der Waals surface area contributed by atoms with Crippen LogP contribution in [0.15, 0.2) is 23.2 Å². The molecule has 0 unspecified atom stereocenters. The molecule has 1 aliphatic heterocycles. The van der Waals surface area contributed by atoms with Gasteiger partial charge in [-0.25, -0.2) is 0 Å². The maximum Gasteiger partial charge on any atom is 0.309 e. The highest BCUT2D eigenvalue weighted by Gasteiger charge is 2.27. The van der Waals surface area contributed by atoms with Crippen LogP contribution in [0, 0.1) is 5.92 Å². The van der Waals surface area contributed by atoms with Crippen LogP contribution >= 0.6 is 35.6 Å². The molecular formula is C19H29ClIN3O3. The van der Waals surface area contributed by atoms with Crippen molar-refractivity contribution >= 4 is 47.5 Å². The fraction of sp³-hybridized carbons (Fsp3) is 0.579. The largest absolute Gasteiger partial charge is 0.497 e. The van der Waals surface area contributed by atoms with Gasteiger partial charge in [0.05, 0.1) is 19.6 Å². The summed E-state index contributed by atoms with van der Waals surface area (Å²) >= 11 is 6.29. The summed E-state index contributed by atoms with van der Waals surface area (Å²) in [5, 5.41) is 4.09. The van der Waals surface area contributed by atoms with E-state index in [4.69, 9.17) is 21.1 Å². The number of esters is 1. The zero-order chi connectivity index (χ0) is 18.9. The molecule has 0 aromatic heterocycles. The molecule has 0 aliphatic carbocycles. The third-order valence-corrected chi connectivity index (χ3v) is 4.92. The minimum absolute atomic E-state index is 0. The number of methoxy groups -OCH3 is 1. The molecule has 2 rings (SSSR count). The number of ether oxygens (including phenoxy) is 2. The van der Waals surface area contributed by atoms with E-state index in [0.29, 0.717) is 11.6 Å². The van der Waals surface area contributed by atoms with Crippen LogP contribution in [0.25, 0.3) is 0 Å². The number of hydrogen-bond donors (Lipinski definition) is 1. The Bertz CT molecular complexity index is 635. The number of piperidine rings is 1. The Morgan fingerprint density at radius 1 is 1.37 bits per heavy atom. The van der Waals surface area contributed by atoms with Crippen molar-refractivity contribution in [2.24, 2.45) is 10.9 Å². The van der Waals surface area contributed by atoms with Gasteiger partial charge in [-0.3, -0.25) is 9.79 Å². The molecule has 0 amide bonds. The van der Waals surface area contributed by atoms with Crippen molar-refractivity contribution in [1.29, 1.82) is 0 Å². The molecular weight excluding hydrogens is 481 g/mol. The number of hydrogen-bond acceptors (Lipinski definition) is 4. The second kappa shape index (κ2) is 12.3. The van der Waals surface area contributed by atoms with E-state index in [0.717, 1.165) is 56.2 Å². The summed E-state index contributed by atoms with van der Waals surface area (Å²) in [6.45, 7) is 4.61. The summed E-state index contributed by atoms with van der Waals surface area (Å²) in [5.41, 5.74) is 1.07. The molecule has 0 spiro atoms. The van der Waals surface area contributed by atoms with Gasteiger partial charge in [0.15, 0.2) is 5.96 Å². The molecule has 6 nitrogen and oxygen atoms in total. The molecule has 1 fully saturated rings. The highest BCUT2D eigenvalue weighted by molar-refractivity contribution is 14.0. The average molecular weight is 510 g/mol. The van der Waals surface area contributed by atoms with Crippen LogP contribution in [0.2, 0.25) is 5.02 Å². The Balaban J connectivity index is 0.00000364. The predicted molar refractivity (Wildman–Crippen MR) is 119 cm³/mol. The molecule has 1 aromatic carbocycles. The summed E-state index contributed by atoms with van der Waals surface area (Å²) in [4.78, 5) is 18.4. The second-order valence-electron chi connectivity index (χ2n) is 6.19. The molecule has 1 heterocycles. The number of nitrogens with zero attached hydrogens (tertiary/aromatic N) is 2. The number of carbonyl (C=O) groups excluding carboxylic acids is 1. The van der Waals surface area contributed by atoms with E-state index < -0.39 is 0 Å². The third-order valence-electron chi connectivity index (χ3n) is 4.56. The van der Waals surface area contributed by atoms with Crippen molar-refractivity contribution < 1.29 is 14.3 Å². The van der Waals surface area contributed by atoms with E-state index in [2.05, 4.69) is 15.2 Å². The van der Waals surface area contributed by atoms with Gasteiger partial charge in [-0.15, -0.1) is 24.0 Å². The minimum atomic E-state index is -0.0794. The van der Waals surface area contributed by atoms with E-state index in [1.165, 1.54) is 0 Å². The number of likely N-dealkylation sites (tertiary alicyclic amines) is 1. The zero-order valence-electron chi connectivity index (χ0n) is 16.2. The Morgan fingerprint density at radius 2 is 2.07 bits per heavy atom. The lowest BCUT2D eigenvalue weighted by Crippen LogP contribution is -2.47. The molecule has 0 atom stereocenters. The Morgan fingerprint density at radius 3 is 2.63 bits per heavy atom. The predicted octanol–water partition coefficient (Wildman–Crippen LogP) is 3.36. The number of carbonyl (C=O) groups is 1. The number of halogens is 2. The fourth-order valence-corrected chi connectivity index (χ4v) is 3.35. The first-order valence-electron chi connectivity index (χ1n) is 9.03. The van der Waals surface area contributed by atoms with Crippen LogP contribution in [-0.4, -0.2) is 57.2 Å². The Kier molecular flexibility index (Phi) is 10.8. The Hall–Kier alpha value is -1.22. The van der Waals surface area contributed by atoms with Crippen LogP contribution in [0.3, 0.4) is 0 Å². The van der Waals surface area contributed by atoms with E-state index in [1.54, 1.807) is 14.2 Å². The number of benzene rings is 1. The lowest BCUT2D eigenvalue weighted by molar-refractivity contribution is -0.149. The van der Waals surface area contributed by atoms with Crippen LogP contribution in [0.5, 0.6) is 5.75 Å². The van der Waals surface area contributed by atoms with Crippen molar-refractivity contribution in [3.63, 3.8) is 0 Å². The van der Waals surface area contributed by atoms with Crippen molar-refractivity contribution in [1.82, 2.24) is 10.2 Å². The SMILES string of the molecule is CCOC(=O)C1CCN(C(=NC)NCCc2ccc(OC)cc2Cl)CC1.I. The summed E-state index contributed by atoms with van der Waals surface area (Å²) < 4.78 is 10.3. The lowest BCUT2D eigenvalue weighted by atomic mass is 9.97. The normalized spacial score (nSPS) is 15.1. The second-order valence-corrected chi connectivity index (χ2v) is 6.60. The number of nitrogens with one attached hydrogen (secondary N) is 1. The summed E-state index contributed by atoms with van der Waals surface area (Å²) in [6.07, 6.45) is 2.38. The monoisotopic (exact) mass is 509 g/mol. The van der Waals surface area contributed by atoms with E-state index in [9.17, 15) is 4.79 Å². The fourth-order valence-electron chi connectivity index (χ4n) is 3.09. The van der Waals surface area contributed by atoms with Gasteiger partial charge in [0.25, 0.3) is 0 Å². The van der Waals surface area contributed by atoms with Gasteiger partial charge in [-0.1, -0.05) is 17.7 Å². The molecule has 1 aromatic rings. The van der Waals surface area contributed by atoms with Gasteiger partial charge in [0.1, 0.15) is 5.75 Å². The van der Waals surface area contributed by atoms with Crippen LogP contribution in [-0.2, 0) is 16.0 Å². The molecule has 152 valence electrons. The quantitative estimate of drug-likeness (QED) is 0.276. The van der Waals surface area contributed by atoms with Crippen molar-refractivity contribution in [3.8, 4) is 5.75 Å². The molecule has 1 aliphatic rings. The van der Waals surface area contributed by atoms with Crippen molar-refractivity contribution in [2.45, 2.75) is 26.2 Å². The summed E-state index contributed by atoms with van der Waals surface area (Å²) in [7, 11) is 3.40. The van der Waals surface area contributed by atoms with Gasteiger partial charge in [-0.2, -0.15) is 0 Å². The van der Waals surface area contributed by atoms with Gasteiger partial charge in [-0.05, 0) is 43.9 Å². The van der Waals surface area contributed by atoms with Crippen molar-refractivity contribution in [2.75, 3.05) is 40.4 Å². The molecule has 0 bridgehead atoms. The first-order valence-corrected chi connectivity index (χ1v) is 9.41. The smallest absolute Gasteiger partial charge is 0.309 e. The molecule has 0 radical (unpaired) electrons. The first-order chi connectivity index (χ1) is 12.6. The molecule has 0 saturated carbocycles. The van der Waals surface area contributed by atoms with Gasteiger partial charge in [0, 0.05) is 31.7 Å².